The minimum Gasteiger partial charge on any atom is -0.496 e. The van der Waals surface area contributed by atoms with E-state index in [2.05, 4.69) is 13.8 Å². The Morgan fingerprint density at radius 3 is 2.47 bits per heavy atom. The van der Waals surface area contributed by atoms with Crippen molar-refractivity contribution in [3.63, 3.8) is 0 Å². The number of amides is 1. The van der Waals surface area contributed by atoms with Crippen LogP contribution in [0.2, 0.25) is 0 Å². The molecule has 0 fully saturated rings. The molecule has 0 radical (unpaired) electrons. The molecule has 0 bridgehead atoms. The van der Waals surface area contributed by atoms with Crippen LogP contribution in [-0.4, -0.2) is 42.1 Å². The van der Waals surface area contributed by atoms with E-state index in [0.29, 0.717) is 42.3 Å². The Morgan fingerprint density at radius 1 is 1.19 bits per heavy atom. The average molecular weight is 440 g/mol. The van der Waals surface area contributed by atoms with E-state index in [1.165, 1.54) is 0 Å². The van der Waals surface area contributed by atoms with E-state index in [9.17, 15) is 14.7 Å². The van der Waals surface area contributed by atoms with Crippen molar-refractivity contribution in [1.29, 1.82) is 0 Å². The van der Waals surface area contributed by atoms with Gasteiger partial charge in [-0.1, -0.05) is 26.0 Å². The van der Waals surface area contributed by atoms with Gasteiger partial charge < -0.3 is 19.5 Å². The number of carbonyl (C=O) groups is 2. The summed E-state index contributed by atoms with van der Waals surface area (Å²) in [6, 6.07) is 9.33. The van der Waals surface area contributed by atoms with Gasteiger partial charge in [0, 0.05) is 35.2 Å². The van der Waals surface area contributed by atoms with E-state index in [-0.39, 0.29) is 17.8 Å². The van der Waals surface area contributed by atoms with E-state index in [1.54, 1.807) is 25.0 Å². The molecule has 1 aliphatic carbocycles. The number of ketones is 1. The number of carbonyl (C=O) groups excluding carboxylic acids is 2. The highest BCUT2D eigenvalue weighted by atomic mass is 16.6. The summed E-state index contributed by atoms with van der Waals surface area (Å²) in [5, 5.41) is 13.4. The van der Waals surface area contributed by atoms with Crippen LogP contribution in [0.3, 0.4) is 0 Å². The SMILES string of the molecule is CCN(CC)C(=O)OC1=C(C)C(=O)[C@@](O)(CCC(C)C)c2cc3c(OC)cccc3cc21. The standard InChI is InChI=1S/C26H33NO5/c1-7-27(8-2)25(29)32-23-17(5)24(28)26(30,13-12-16(3)4)21-15-19-18(14-20(21)23)10-9-11-22(19)31-6/h9-11,14-16,30H,7-8,12-13H2,1-6H3/t26-/m1/s1. The molecule has 0 aromatic heterocycles. The highest BCUT2D eigenvalue weighted by Crippen LogP contribution is 2.45. The molecular weight excluding hydrogens is 406 g/mol. The quantitative estimate of drug-likeness (QED) is 0.636. The smallest absolute Gasteiger partial charge is 0.415 e. The van der Waals surface area contributed by atoms with E-state index in [0.717, 1.165) is 10.8 Å². The van der Waals surface area contributed by atoms with Crippen molar-refractivity contribution in [2.45, 2.75) is 53.1 Å². The number of hydrogen-bond acceptors (Lipinski definition) is 5. The summed E-state index contributed by atoms with van der Waals surface area (Å²) >= 11 is 0. The van der Waals surface area contributed by atoms with E-state index in [4.69, 9.17) is 9.47 Å². The lowest BCUT2D eigenvalue weighted by Crippen LogP contribution is -2.41. The zero-order valence-electron chi connectivity index (χ0n) is 19.8. The van der Waals surface area contributed by atoms with Gasteiger partial charge in [0.1, 0.15) is 11.5 Å². The number of methoxy groups -OCH3 is 1. The predicted molar refractivity (Wildman–Crippen MR) is 125 cm³/mol. The number of aliphatic hydroxyl groups is 1. The number of Topliss-reactive ketones (excluding diaryl/α,β-unsaturated/α-hetero) is 1. The van der Waals surface area contributed by atoms with Crippen LogP contribution in [0.25, 0.3) is 16.5 Å². The maximum absolute atomic E-state index is 13.5. The van der Waals surface area contributed by atoms with Gasteiger partial charge in [-0.05, 0) is 63.1 Å². The van der Waals surface area contributed by atoms with Crippen LogP contribution in [-0.2, 0) is 15.1 Å². The molecule has 0 saturated heterocycles. The molecular formula is C26H33NO5. The van der Waals surface area contributed by atoms with E-state index >= 15 is 0 Å². The Labute approximate surface area is 189 Å². The molecule has 32 heavy (non-hydrogen) atoms. The fraction of sp³-hybridized carbons (Fsp3) is 0.462. The Bertz CT molecular complexity index is 1070. The topological polar surface area (TPSA) is 76.1 Å². The van der Waals surface area contributed by atoms with Crippen LogP contribution in [0.1, 0.15) is 58.6 Å². The van der Waals surface area contributed by atoms with Crippen molar-refractivity contribution in [3.05, 3.63) is 47.0 Å². The molecule has 3 rings (SSSR count). The maximum Gasteiger partial charge on any atom is 0.415 e. The number of rotatable bonds is 7. The van der Waals surface area contributed by atoms with Gasteiger partial charge in [0.2, 0.25) is 0 Å². The van der Waals surface area contributed by atoms with Gasteiger partial charge in [0.15, 0.2) is 11.4 Å². The summed E-state index contributed by atoms with van der Waals surface area (Å²) in [4.78, 5) is 27.8. The number of ether oxygens (including phenoxy) is 2. The number of hydrogen-bond donors (Lipinski definition) is 1. The normalized spacial score (nSPS) is 18.2. The highest BCUT2D eigenvalue weighted by molar-refractivity contribution is 6.12. The van der Waals surface area contributed by atoms with Crippen molar-refractivity contribution < 1.29 is 24.2 Å². The Morgan fingerprint density at radius 2 is 1.88 bits per heavy atom. The largest absolute Gasteiger partial charge is 0.496 e. The zero-order valence-corrected chi connectivity index (χ0v) is 19.8. The number of fused-ring (bicyclic) bond motifs is 2. The predicted octanol–water partition coefficient (Wildman–Crippen LogP) is 5.26. The monoisotopic (exact) mass is 439 g/mol. The third kappa shape index (κ3) is 4.11. The first kappa shape index (κ1) is 23.8. The van der Waals surface area contributed by atoms with Crippen LogP contribution < -0.4 is 4.74 Å². The van der Waals surface area contributed by atoms with Crippen molar-refractivity contribution in [3.8, 4) is 5.75 Å². The third-order valence-electron chi connectivity index (χ3n) is 6.24. The molecule has 0 aliphatic heterocycles. The average Bonchev–Trinajstić information content (AvgIpc) is 2.78. The summed E-state index contributed by atoms with van der Waals surface area (Å²) in [5.41, 5.74) is -0.418. The van der Waals surface area contributed by atoms with Gasteiger partial charge in [-0.2, -0.15) is 0 Å². The molecule has 0 unspecified atom stereocenters. The molecule has 1 amide bonds. The lowest BCUT2D eigenvalue weighted by molar-refractivity contribution is -0.135. The summed E-state index contributed by atoms with van der Waals surface area (Å²) < 4.78 is 11.3. The summed E-state index contributed by atoms with van der Waals surface area (Å²) in [5.74, 6) is 0.747. The zero-order chi connectivity index (χ0) is 23.6. The van der Waals surface area contributed by atoms with Crippen molar-refractivity contribution in [1.82, 2.24) is 4.90 Å². The molecule has 6 nitrogen and oxygen atoms in total. The fourth-order valence-corrected chi connectivity index (χ4v) is 4.25. The molecule has 1 N–H and O–H groups in total. The molecule has 0 saturated carbocycles. The minimum atomic E-state index is -1.69. The van der Waals surface area contributed by atoms with Crippen LogP contribution in [0, 0.1) is 5.92 Å². The van der Waals surface area contributed by atoms with E-state index in [1.807, 2.05) is 38.1 Å². The van der Waals surface area contributed by atoms with Gasteiger partial charge in [-0.3, -0.25) is 4.79 Å². The lowest BCUT2D eigenvalue weighted by atomic mass is 9.73. The van der Waals surface area contributed by atoms with Crippen molar-refractivity contribution in [2.24, 2.45) is 5.92 Å². The molecule has 0 heterocycles. The molecule has 2 aromatic rings. The molecule has 6 heteroatoms. The van der Waals surface area contributed by atoms with Crippen LogP contribution >= 0.6 is 0 Å². The van der Waals surface area contributed by atoms with Gasteiger partial charge in [0.05, 0.1) is 7.11 Å². The highest BCUT2D eigenvalue weighted by Gasteiger charge is 2.46. The van der Waals surface area contributed by atoms with Gasteiger partial charge in [0.25, 0.3) is 0 Å². The first-order chi connectivity index (χ1) is 15.2. The van der Waals surface area contributed by atoms with Gasteiger partial charge >= 0.3 is 6.09 Å². The fourth-order valence-electron chi connectivity index (χ4n) is 4.25. The summed E-state index contributed by atoms with van der Waals surface area (Å²) in [7, 11) is 1.59. The Kier molecular flexibility index (Phi) is 6.94. The molecule has 172 valence electrons. The molecule has 2 aromatic carbocycles. The molecule has 1 aliphatic rings. The summed E-state index contributed by atoms with van der Waals surface area (Å²) in [6.07, 6.45) is 0.445. The molecule has 0 spiro atoms. The lowest BCUT2D eigenvalue weighted by Gasteiger charge is -2.35. The second-order valence-electron chi connectivity index (χ2n) is 8.70. The second kappa shape index (κ2) is 9.33. The van der Waals surface area contributed by atoms with Gasteiger partial charge in [-0.25, -0.2) is 4.79 Å². The molecule has 1 atom stereocenters. The number of nitrogens with zero attached hydrogens (tertiary/aromatic N) is 1. The first-order valence-electron chi connectivity index (χ1n) is 11.2. The Balaban J connectivity index is 2.25. The third-order valence-corrected chi connectivity index (χ3v) is 6.24. The summed E-state index contributed by atoms with van der Waals surface area (Å²) in [6.45, 7) is 10.5. The van der Waals surface area contributed by atoms with Crippen LogP contribution in [0.15, 0.2) is 35.9 Å². The number of benzene rings is 2. The van der Waals surface area contributed by atoms with Crippen molar-refractivity contribution in [2.75, 3.05) is 20.2 Å². The van der Waals surface area contributed by atoms with Crippen LogP contribution in [0.5, 0.6) is 5.75 Å². The van der Waals surface area contributed by atoms with Crippen LogP contribution in [0.4, 0.5) is 4.79 Å². The van der Waals surface area contributed by atoms with Gasteiger partial charge in [-0.15, -0.1) is 0 Å². The second-order valence-corrected chi connectivity index (χ2v) is 8.70. The first-order valence-corrected chi connectivity index (χ1v) is 11.2. The maximum atomic E-state index is 13.5. The van der Waals surface area contributed by atoms with E-state index < -0.39 is 17.5 Å². The minimum absolute atomic E-state index is 0.209. The van der Waals surface area contributed by atoms with Crippen molar-refractivity contribution >= 4 is 28.4 Å². The Hall–Kier alpha value is -2.86.